The summed E-state index contributed by atoms with van der Waals surface area (Å²) in [7, 11) is 0. The van der Waals surface area contributed by atoms with Gasteiger partial charge in [-0.05, 0) is 35.7 Å². The van der Waals surface area contributed by atoms with Gasteiger partial charge in [0.2, 0.25) is 0 Å². The van der Waals surface area contributed by atoms with Crippen LogP contribution in [0.25, 0.3) is 0 Å². The third-order valence-electron chi connectivity index (χ3n) is 3.67. The minimum atomic E-state index is 0.132. The zero-order valence-corrected chi connectivity index (χ0v) is 11.8. The molecule has 3 rings (SSSR count). The second kappa shape index (κ2) is 5.08. The van der Waals surface area contributed by atoms with Crippen LogP contribution in [0.3, 0.4) is 0 Å². The first kappa shape index (κ1) is 12.9. The second-order valence-corrected chi connectivity index (χ2v) is 5.51. The largest absolute Gasteiger partial charge is 0.508 e. The number of anilines is 1. The fourth-order valence-electron chi connectivity index (χ4n) is 2.51. The molecular weight excluding hydrogens is 250 g/mol. The Bertz CT molecular complexity index is 622. The van der Waals surface area contributed by atoms with E-state index in [-0.39, 0.29) is 11.8 Å². The summed E-state index contributed by atoms with van der Waals surface area (Å²) in [4.78, 5) is 0. The molecule has 20 heavy (non-hydrogen) atoms. The highest BCUT2D eigenvalue weighted by Gasteiger charge is 2.24. The monoisotopic (exact) mass is 269 g/mol. The zero-order valence-electron chi connectivity index (χ0n) is 11.8. The van der Waals surface area contributed by atoms with Crippen LogP contribution in [0.5, 0.6) is 11.5 Å². The van der Waals surface area contributed by atoms with E-state index in [4.69, 9.17) is 4.74 Å². The Morgan fingerprint density at radius 2 is 2.05 bits per heavy atom. The highest BCUT2D eigenvalue weighted by Crippen LogP contribution is 2.36. The number of ether oxygens (including phenoxy) is 1. The van der Waals surface area contributed by atoms with Crippen LogP contribution in [0.1, 0.15) is 36.9 Å². The Kier molecular flexibility index (Phi) is 3.26. The maximum Gasteiger partial charge on any atom is 0.128 e. The molecule has 2 aromatic carbocycles. The molecule has 0 saturated carbocycles. The van der Waals surface area contributed by atoms with Crippen molar-refractivity contribution in [3.63, 3.8) is 0 Å². The summed E-state index contributed by atoms with van der Waals surface area (Å²) >= 11 is 0. The first-order valence-corrected chi connectivity index (χ1v) is 6.95. The number of fused-ring (bicyclic) bond motifs is 1. The number of hydrogen-bond acceptors (Lipinski definition) is 3. The lowest BCUT2D eigenvalue weighted by molar-refractivity contribution is 0.338. The van der Waals surface area contributed by atoms with Crippen LogP contribution in [0.2, 0.25) is 0 Å². The van der Waals surface area contributed by atoms with Crippen molar-refractivity contribution in [1.29, 1.82) is 0 Å². The van der Waals surface area contributed by atoms with E-state index in [1.54, 1.807) is 12.1 Å². The zero-order chi connectivity index (χ0) is 14.1. The fourth-order valence-corrected chi connectivity index (χ4v) is 2.51. The van der Waals surface area contributed by atoms with Gasteiger partial charge in [0.15, 0.2) is 0 Å². The van der Waals surface area contributed by atoms with E-state index in [0.29, 0.717) is 12.5 Å². The smallest absolute Gasteiger partial charge is 0.128 e. The Morgan fingerprint density at radius 3 is 2.85 bits per heavy atom. The van der Waals surface area contributed by atoms with Gasteiger partial charge in [0.25, 0.3) is 0 Å². The van der Waals surface area contributed by atoms with E-state index in [1.165, 1.54) is 5.56 Å². The molecule has 1 atom stereocenters. The molecule has 1 aliphatic heterocycles. The van der Waals surface area contributed by atoms with Crippen molar-refractivity contribution in [3.05, 3.63) is 53.6 Å². The predicted molar refractivity (Wildman–Crippen MR) is 80.5 cm³/mol. The maximum atomic E-state index is 9.47. The molecule has 1 aliphatic rings. The van der Waals surface area contributed by atoms with E-state index >= 15 is 0 Å². The van der Waals surface area contributed by atoms with Crippen molar-refractivity contribution in [2.45, 2.75) is 25.8 Å². The van der Waals surface area contributed by atoms with E-state index < -0.39 is 0 Å². The Hall–Kier alpha value is -2.16. The van der Waals surface area contributed by atoms with Gasteiger partial charge in [0.1, 0.15) is 18.1 Å². The molecular formula is C17H19NO2. The summed E-state index contributed by atoms with van der Waals surface area (Å²) in [6.45, 7) is 4.97. The number of aromatic hydroxyl groups is 1. The molecule has 0 fully saturated rings. The van der Waals surface area contributed by atoms with E-state index in [2.05, 4.69) is 43.4 Å². The summed E-state index contributed by atoms with van der Waals surface area (Å²) in [5.41, 5.74) is 3.52. The average molecular weight is 269 g/mol. The molecule has 0 saturated heterocycles. The molecule has 0 aromatic heterocycles. The third-order valence-corrected chi connectivity index (χ3v) is 3.67. The minimum absolute atomic E-state index is 0.132. The number of nitrogens with one attached hydrogen (secondary N) is 1. The van der Waals surface area contributed by atoms with Crippen LogP contribution in [0.4, 0.5) is 5.69 Å². The van der Waals surface area contributed by atoms with Crippen LogP contribution in [-0.2, 0) is 0 Å². The van der Waals surface area contributed by atoms with Crippen LogP contribution < -0.4 is 10.1 Å². The number of benzene rings is 2. The lowest BCUT2D eigenvalue weighted by Crippen LogP contribution is -2.12. The van der Waals surface area contributed by atoms with E-state index in [1.807, 2.05) is 6.07 Å². The molecule has 2 aromatic rings. The molecule has 0 radical (unpaired) electrons. The molecule has 0 amide bonds. The molecule has 1 heterocycles. The lowest BCUT2D eigenvalue weighted by Gasteiger charge is -2.15. The van der Waals surface area contributed by atoms with Gasteiger partial charge in [-0.2, -0.15) is 0 Å². The molecule has 1 unspecified atom stereocenters. The normalized spacial score (nSPS) is 16.9. The first-order chi connectivity index (χ1) is 9.63. The predicted octanol–water partition coefficient (Wildman–Crippen LogP) is 4.06. The molecule has 0 bridgehead atoms. The van der Waals surface area contributed by atoms with Crippen molar-refractivity contribution in [1.82, 2.24) is 0 Å². The van der Waals surface area contributed by atoms with Gasteiger partial charge in [-0.25, -0.2) is 0 Å². The summed E-state index contributed by atoms with van der Waals surface area (Å²) in [5.74, 6) is 1.52. The summed E-state index contributed by atoms with van der Waals surface area (Å²) in [5, 5.41) is 13.0. The quantitative estimate of drug-likeness (QED) is 0.882. The first-order valence-electron chi connectivity index (χ1n) is 6.95. The van der Waals surface area contributed by atoms with Crippen molar-refractivity contribution >= 4 is 5.69 Å². The van der Waals surface area contributed by atoms with Gasteiger partial charge < -0.3 is 15.2 Å². The average Bonchev–Trinajstić information content (AvgIpc) is 2.81. The SMILES string of the molecule is CC(C)c1cccc(NC2COc3cc(O)ccc32)c1. The van der Waals surface area contributed by atoms with Crippen LogP contribution >= 0.6 is 0 Å². The second-order valence-electron chi connectivity index (χ2n) is 5.51. The topological polar surface area (TPSA) is 41.5 Å². The molecule has 3 heteroatoms. The standard InChI is InChI=1S/C17H19NO2/c1-11(2)12-4-3-5-13(8-12)18-16-10-20-17-9-14(19)6-7-15(16)17/h3-9,11,16,18-19H,10H2,1-2H3. The Labute approximate surface area is 119 Å². The van der Waals surface area contributed by atoms with E-state index in [0.717, 1.165) is 17.0 Å². The Balaban J connectivity index is 1.82. The third kappa shape index (κ3) is 2.44. The fraction of sp³-hybridized carbons (Fsp3) is 0.294. The summed E-state index contributed by atoms with van der Waals surface area (Å²) in [6.07, 6.45) is 0. The van der Waals surface area contributed by atoms with Gasteiger partial charge in [-0.3, -0.25) is 0 Å². The number of rotatable bonds is 3. The maximum absolute atomic E-state index is 9.47. The highest BCUT2D eigenvalue weighted by molar-refractivity contribution is 5.52. The number of hydrogen-bond donors (Lipinski definition) is 2. The molecule has 0 spiro atoms. The van der Waals surface area contributed by atoms with E-state index in [9.17, 15) is 5.11 Å². The molecule has 104 valence electrons. The highest BCUT2D eigenvalue weighted by atomic mass is 16.5. The lowest BCUT2D eigenvalue weighted by atomic mass is 10.0. The van der Waals surface area contributed by atoms with Gasteiger partial charge in [-0.1, -0.05) is 26.0 Å². The van der Waals surface area contributed by atoms with Crippen molar-refractivity contribution < 1.29 is 9.84 Å². The number of phenols is 1. The van der Waals surface area contributed by atoms with Gasteiger partial charge >= 0.3 is 0 Å². The summed E-state index contributed by atoms with van der Waals surface area (Å²) in [6, 6.07) is 13.9. The van der Waals surface area contributed by atoms with Gasteiger partial charge in [-0.15, -0.1) is 0 Å². The minimum Gasteiger partial charge on any atom is -0.508 e. The van der Waals surface area contributed by atoms with Gasteiger partial charge in [0, 0.05) is 17.3 Å². The van der Waals surface area contributed by atoms with Crippen molar-refractivity contribution in [2.75, 3.05) is 11.9 Å². The molecule has 2 N–H and O–H groups in total. The molecule has 0 aliphatic carbocycles. The molecule has 3 nitrogen and oxygen atoms in total. The number of phenolic OH excluding ortho intramolecular Hbond substituents is 1. The van der Waals surface area contributed by atoms with Crippen LogP contribution in [-0.4, -0.2) is 11.7 Å². The van der Waals surface area contributed by atoms with Crippen LogP contribution in [0, 0.1) is 0 Å². The Morgan fingerprint density at radius 1 is 1.20 bits per heavy atom. The van der Waals surface area contributed by atoms with Gasteiger partial charge in [0.05, 0.1) is 6.04 Å². The van der Waals surface area contributed by atoms with Crippen molar-refractivity contribution in [3.8, 4) is 11.5 Å². The van der Waals surface area contributed by atoms with Crippen LogP contribution in [0.15, 0.2) is 42.5 Å². The van der Waals surface area contributed by atoms with Crippen molar-refractivity contribution in [2.24, 2.45) is 0 Å². The summed E-state index contributed by atoms with van der Waals surface area (Å²) < 4.78 is 5.62.